The Morgan fingerprint density at radius 1 is 1.04 bits per heavy atom. The standard InChI is InChI=1S/C18H16N4S/c1-12-4-3-5-13(2)15(12)20-17-16(14-6-8-19-9-7-14)21-18-22(17)10-11-23-18/h3-11,20H,1-2H3. The summed E-state index contributed by atoms with van der Waals surface area (Å²) in [5, 5.41) is 5.65. The lowest BCUT2D eigenvalue weighted by molar-refractivity contribution is 1.21. The SMILES string of the molecule is Cc1cccc(C)c1Nc1c(-c2ccncc2)nc2sccn12. The van der Waals surface area contributed by atoms with E-state index in [1.165, 1.54) is 11.1 Å². The van der Waals surface area contributed by atoms with Gasteiger partial charge in [-0.05, 0) is 37.1 Å². The van der Waals surface area contributed by atoms with Gasteiger partial charge in [-0.25, -0.2) is 4.98 Å². The van der Waals surface area contributed by atoms with Gasteiger partial charge in [0.05, 0.1) is 0 Å². The highest BCUT2D eigenvalue weighted by Gasteiger charge is 2.16. The van der Waals surface area contributed by atoms with Crippen LogP contribution in [0.3, 0.4) is 0 Å². The first-order chi connectivity index (χ1) is 11.2. The molecule has 0 fully saturated rings. The molecule has 0 atom stereocenters. The smallest absolute Gasteiger partial charge is 0.195 e. The first-order valence-electron chi connectivity index (χ1n) is 7.43. The lowest BCUT2D eigenvalue weighted by Gasteiger charge is -2.13. The molecular formula is C18H16N4S. The van der Waals surface area contributed by atoms with Crippen LogP contribution in [0.4, 0.5) is 11.5 Å². The van der Waals surface area contributed by atoms with Crippen molar-refractivity contribution >= 4 is 27.8 Å². The lowest BCUT2D eigenvalue weighted by atomic mass is 10.1. The molecule has 0 saturated carbocycles. The highest BCUT2D eigenvalue weighted by atomic mass is 32.1. The van der Waals surface area contributed by atoms with Gasteiger partial charge in [0.2, 0.25) is 0 Å². The quantitative estimate of drug-likeness (QED) is 0.588. The molecule has 0 bridgehead atoms. The van der Waals surface area contributed by atoms with Gasteiger partial charge in [-0.3, -0.25) is 9.38 Å². The van der Waals surface area contributed by atoms with Gasteiger partial charge in [-0.1, -0.05) is 18.2 Å². The van der Waals surface area contributed by atoms with E-state index in [2.05, 4.69) is 52.1 Å². The number of para-hydroxylation sites is 1. The number of thiazole rings is 1. The molecule has 0 aliphatic heterocycles. The topological polar surface area (TPSA) is 42.2 Å². The molecule has 0 amide bonds. The third-order valence-electron chi connectivity index (χ3n) is 3.94. The molecule has 4 aromatic rings. The van der Waals surface area contributed by atoms with Crippen LogP contribution in [0, 0.1) is 13.8 Å². The van der Waals surface area contributed by atoms with E-state index in [-0.39, 0.29) is 0 Å². The Labute approximate surface area is 138 Å². The maximum atomic E-state index is 4.79. The summed E-state index contributed by atoms with van der Waals surface area (Å²) < 4.78 is 2.10. The third kappa shape index (κ3) is 2.39. The van der Waals surface area contributed by atoms with E-state index in [4.69, 9.17) is 4.98 Å². The number of benzene rings is 1. The molecule has 4 nitrogen and oxygen atoms in total. The molecule has 114 valence electrons. The summed E-state index contributed by atoms with van der Waals surface area (Å²) >= 11 is 1.63. The molecule has 0 aliphatic carbocycles. The summed E-state index contributed by atoms with van der Waals surface area (Å²) in [4.78, 5) is 9.87. The number of aromatic nitrogens is 3. The molecule has 0 unspecified atom stereocenters. The van der Waals surface area contributed by atoms with E-state index in [1.54, 1.807) is 23.7 Å². The second-order valence-corrected chi connectivity index (χ2v) is 6.37. The van der Waals surface area contributed by atoms with Crippen molar-refractivity contribution in [2.45, 2.75) is 13.8 Å². The molecule has 0 spiro atoms. The fourth-order valence-corrected chi connectivity index (χ4v) is 3.46. The Balaban J connectivity index is 1.90. The van der Waals surface area contributed by atoms with Crippen LogP contribution in [0.25, 0.3) is 16.2 Å². The second-order valence-electron chi connectivity index (χ2n) is 5.49. The molecule has 1 N–H and O–H groups in total. The van der Waals surface area contributed by atoms with E-state index in [0.717, 1.165) is 27.7 Å². The minimum atomic E-state index is 0.946. The number of nitrogens with one attached hydrogen (secondary N) is 1. The minimum absolute atomic E-state index is 0.946. The molecule has 0 radical (unpaired) electrons. The Hall–Kier alpha value is -2.66. The maximum Gasteiger partial charge on any atom is 0.195 e. The van der Waals surface area contributed by atoms with Crippen molar-refractivity contribution in [3.05, 3.63) is 65.4 Å². The highest BCUT2D eigenvalue weighted by molar-refractivity contribution is 7.15. The zero-order chi connectivity index (χ0) is 15.8. The number of fused-ring (bicyclic) bond motifs is 1. The van der Waals surface area contributed by atoms with Crippen LogP contribution in [0.15, 0.2) is 54.3 Å². The molecule has 23 heavy (non-hydrogen) atoms. The van der Waals surface area contributed by atoms with E-state index in [1.807, 2.05) is 18.3 Å². The fraction of sp³-hybridized carbons (Fsp3) is 0.111. The Kier molecular flexibility index (Phi) is 3.35. The predicted octanol–water partition coefficient (Wildman–Crippen LogP) is 4.82. The van der Waals surface area contributed by atoms with Crippen molar-refractivity contribution in [3.63, 3.8) is 0 Å². The zero-order valence-corrected chi connectivity index (χ0v) is 13.8. The first-order valence-corrected chi connectivity index (χ1v) is 8.31. The average molecular weight is 320 g/mol. The Bertz CT molecular complexity index is 949. The number of pyridine rings is 1. The predicted molar refractivity (Wildman–Crippen MR) is 95.5 cm³/mol. The normalized spacial score (nSPS) is 11.0. The number of hydrogen-bond acceptors (Lipinski definition) is 4. The van der Waals surface area contributed by atoms with Gasteiger partial charge in [-0.15, -0.1) is 11.3 Å². The van der Waals surface area contributed by atoms with E-state index >= 15 is 0 Å². The van der Waals surface area contributed by atoms with Gasteiger partial charge in [-0.2, -0.15) is 0 Å². The van der Waals surface area contributed by atoms with Crippen LogP contribution < -0.4 is 5.32 Å². The van der Waals surface area contributed by atoms with Gasteiger partial charge in [0.25, 0.3) is 0 Å². The monoisotopic (exact) mass is 320 g/mol. The number of hydrogen-bond donors (Lipinski definition) is 1. The van der Waals surface area contributed by atoms with E-state index < -0.39 is 0 Å². The first kappa shape index (κ1) is 14.0. The number of aryl methyl sites for hydroxylation is 2. The zero-order valence-electron chi connectivity index (χ0n) is 12.9. The highest BCUT2D eigenvalue weighted by Crippen LogP contribution is 2.34. The van der Waals surface area contributed by atoms with Gasteiger partial charge in [0.1, 0.15) is 11.5 Å². The summed E-state index contributed by atoms with van der Waals surface area (Å²) in [6.07, 6.45) is 5.64. The van der Waals surface area contributed by atoms with Crippen LogP contribution in [0.5, 0.6) is 0 Å². The van der Waals surface area contributed by atoms with Gasteiger partial charge < -0.3 is 5.32 Å². The van der Waals surface area contributed by atoms with E-state index in [0.29, 0.717) is 0 Å². The third-order valence-corrected chi connectivity index (χ3v) is 4.70. The van der Waals surface area contributed by atoms with Crippen molar-refractivity contribution in [3.8, 4) is 11.3 Å². The van der Waals surface area contributed by atoms with E-state index in [9.17, 15) is 0 Å². The summed E-state index contributed by atoms with van der Waals surface area (Å²) in [5.41, 5.74) is 5.58. The number of anilines is 2. The molecular weight excluding hydrogens is 304 g/mol. The van der Waals surface area contributed by atoms with Crippen molar-refractivity contribution < 1.29 is 0 Å². The van der Waals surface area contributed by atoms with Crippen LogP contribution in [-0.4, -0.2) is 14.4 Å². The van der Waals surface area contributed by atoms with Crippen molar-refractivity contribution in [1.82, 2.24) is 14.4 Å². The van der Waals surface area contributed by atoms with Crippen LogP contribution >= 0.6 is 11.3 Å². The summed E-state index contributed by atoms with van der Waals surface area (Å²) in [6.45, 7) is 4.24. The maximum absolute atomic E-state index is 4.79. The summed E-state index contributed by atoms with van der Waals surface area (Å²) in [7, 11) is 0. The number of rotatable bonds is 3. The average Bonchev–Trinajstić information content (AvgIpc) is 3.14. The van der Waals surface area contributed by atoms with Gasteiger partial charge in [0.15, 0.2) is 4.96 Å². The minimum Gasteiger partial charge on any atom is -0.339 e. The fourth-order valence-electron chi connectivity index (χ4n) is 2.75. The molecule has 1 aromatic carbocycles. The van der Waals surface area contributed by atoms with Crippen LogP contribution in [0.1, 0.15) is 11.1 Å². The second kappa shape index (κ2) is 5.52. The van der Waals surface area contributed by atoms with Crippen LogP contribution in [0.2, 0.25) is 0 Å². The molecule has 4 rings (SSSR count). The largest absolute Gasteiger partial charge is 0.339 e. The molecule has 0 aliphatic rings. The Morgan fingerprint density at radius 2 is 1.78 bits per heavy atom. The molecule has 3 heterocycles. The van der Waals surface area contributed by atoms with Crippen molar-refractivity contribution in [2.75, 3.05) is 5.32 Å². The molecule has 3 aromatic heterocycles. The van der Waals surface area contributed by atoms with Crippen molar-refractivity contribution in [1.29, 1.82) is 0 Å². The molecule has 0 saturated heterocycles. The number of nitrogens with zero attached hydrogens (tertiary/aromatic N) is 3. The summed E-state index contributed by atoms with van der Waals surface area (Å²) in [6, 6.07) is 10.3. The molecule has 5 heteroatoms. The lowest BCUT2D eigenvalue weighted by Crippen LogP contribution is -2.00. The van der Waals surface area contributed by atoms with Gasteiger partial charge >= 0.3 is 0 Å². The number of imidazole rings is 1. The van der Waals surface area contributed by atoms with Crippen molar-refractivity contribution in [2.24, 2.45) is 0 Å². The van der Waals surface area contributed by atoms with Gasteiger partial charge in [0, 0.05) is 35.2 Å². The summed E-state index contributed by atoms with van der Waals surface area (Å²) in [5.74, 6) is 0.991. The Morgan fingerprint density at radius 3 is 2.52 bits per heavy atom. The van der Waals surface area contributed by atoms with Crippen LogP contribution in [-0.2, 0) is 0 Å².